The highest BCUT2D eigenvalue weighted by Crippen LogP contribution is 2.30. The molecule has 1 unspecified atom stereocenters. The van der Waals surface area contributed by atoms with Crippen LogP contribution in [0.5, 0.6) is 0 Å². The van der Waals surface area contributed by atoms with Gasteiger partial charge in [0.1, 0.15) is 9.84 Å². The van der Waals surface area contributed by atoms with E-state index in [9.17, 15) is 8.42 Å². The topological polar surface area (TPSA) is 60.2 Å². The van der Waals surface area contributed by atoms with Crippen molar-refractivity contribution in [3.8, 4) is 0 Å². The van der Waals surface area contributed by atoms with Crippen LogP contribution in [0.1, 0.15) is 26.2 Å². The fourth-order valence-electron chi connectivity index (χ4n) is 1.69. The van der Waals surface area contributed by atoms with Gasteiger partial charge in [0, 0.05) is 11.2 Å². The molecule has 0 aliphatic carbocycles. The molecule has 0 saturated heterocycles. The summed E-state index contributed by atoms with van der Waals surface area (Å²) in [5.41, 5.74) is 5.32. The molecule has 16 heavy (non-hydrogen) atoms. The SMILES string of the molecule is CC(N)(CS(C)(=O)=O)C1=CCCCC=CS1. The Labute approximate surface area is 102 Å². The van der Waals surface area contributed by atoms with Crippen LogP contribution in [0.3, 0.4) is 0 Å². The van der Waals surface area contributed by atoms with Gasteiger partial charge < -0.3 is 5.73 Å². The molecule has 0 aromatic carbocycles. The zero-order valence-electron chi connectivity index (χ0n) is 9.77. The van der Waals surface area contributed by atoms with Crippen LogP contribution in [0.4, 0.5) is 0 Å². The van der Waals surface area contributed by atoms with Crippen LogP contribution in [0.15, 0.2) is 22.5 Å². The minimum Gasteiger partial charge on any atom is -0.320 e. The summed E-state index contributed by atoms with van der Waals surface area (Å²) >= 11 is 1.54. The molecule has 1 heterocycles. The van der Waals surface area contributed by atoms with Crippen molar-refractivity contribution in [3.63, 3.8) is 0 Å². The van der Waals surface area contributed by atoms with E-state index in [-0.39, 0.29) is 5.75 Å². The van der Waals surface area contributed by atoms with E-state index in [1.54, 1.807) is 6.92 Å². The maximum absolute atomic E-state index is 11.3. The number of thioether (sulfide) groups is 1. The van der Waals surface area contributed by atoms with E-state index in [1.165, 1.54) is 18.0 Å². The van der Waals surface area contributed by atoms with E-state index in [1.807, 2.05) is 5.41 Å². The average molecular weight is 261 g/mol. The van der Waals surface area contributed by atoms with Gasteiger partial charge in [-0.15, -0.1) is 11.8 Å². The Kier molecular flexibility index (Phi) is 4.64. The van der Waals surface area contributed by atoms with Gasteiger partial charge in [-0.1, -0.05) is 12.2 Å². The van der Waals surface area contributed by atoms with E-state index >= 15 is 0 Å². The summed E-state index contributed by atoms with van der Waals surface area (Å²) in [6.45, 7) is 1.78. The molecule has 0 saturated carbocycles. The second kappa shape index (κ2) is 5.38. The van der Waals surface area contributed by atoms with Crippen molar-refractivity contribution in [3.05, 3.63) is 22.5 Å². The van der Waals surface area contributed by atoms with E-state index < -0.39 is 15.4 Å². The summed E-state index contributed by atoms with van der Waals surface area (Å²) in [5, 5.41) is 2.00. The van der Waals surface area contributed by atoms with Crippen LogP contribution in [-0.2, 0) is 9.84 Å². The molecular weight excluding hydrogens is 242 g/mol. The molecule has 1 rings (SSSR count). The smallest absolute Gasteiger partial charge is 0.149 e. The normalized spacial score (nSPS) is 21.8. The quantitative estimate of drug-likeness (QED) is 0.845. The van der Waals surface area contributed by atoms with Crippen LogP contribution < -0.4 is 5.73 Å². The number of hydrogen-bond acceptors (Lipinski definition) is 4. The molecule has 1 aliphatic rings. The Hall–Kier alpha value is -0.260. The van der Waals surface area contributed by atoms with Crippen LogP contribution in [0.25, 0.3) is 0 Å². The Morgan fingerprint density at radius 3 is 2.81 bits per heavy atom. The minimum atomic E-state index is -3.06. The van der Waals surface area contributed by atoms with Gasteiger partial charge in [0.25, 0.3) is 0 Å². The zero-order chi connectivity index (χ0) is 12.2. The van der Waals surface area contributed by atoms with E-state index in [0.717, 1.165) is 24.2 Å². The van der Waals surface area contributed by atoms with Crippen molar-refractivity contribution >= 4 is 21.6 Å². The molecule has 0 aromatic heterocycles. The molecule has 0 radical (unpaired) electrons. The van der Waals surface area contributed by atoms with Crippen LogP contribution in [0.2, 0.25) is 0 Å². The average Bonchev–Trinajstić information content (AvgIpc) is 1.95. The Balaban J connectivity index is 2.84. The molecule has 2 N–H and O–H groups in total. The molecule has 92 valence electrons. The summed E-state index contributed by atoms with van der Waals surface area (Å²) in [5.74, 6) is -0.00727. The number of nitrogens with two attached hydrogens (primary N) is 1. The summed E-state index contributed by atoms with van der Waals surface area (Å²) in [6, 6.07) is 0. The van der Waals surface area contributed by atoms with Gasteiger partial charge in [-0.3, -0.25) is 0 Å². The lowest BCUT2D eigenvalue weighted by Gasteiger charge is -2.26. The molecule has 5 heteroatoms. The molecule has 1 atom stereocenters. The highest BCUT2D eigenvalue weighted by molar-refractivity contribution is 8.06. The third-order valence-corrected chi connectivity index (χ3v) is 4.66. The number of allylic oxidation sites excluding steroid dienone is 2. The van der Waals surface area contributed by atoms with Crippen LogP contribution in [-0.4, -0.2) is 26.0 Å². The van der Waals surface area contributed by atoms with Gasteiger partial charge in [0.2, 0.25) is 0 Å². The molecule has 0 amide bonds. The van der Waals surface area contributed by atoms with Crippen LogP contribution >= 0.6 is 11.8 Å². The summed E-state index contributed by atoms with van der Waals surface area (Å²) < 4.78 is 22.6. The lowest BCUT2D eigenvalue weighted by Crippen LogP contribution is -2.44. The summed E-state index contributed by atoms with van der Waals surface area (Å²) in [6.07, 6.45) is 8.53. The molecule has 0 bridgehead atoms. The minimum absolute atomic E-state index is 0.00727. The monoisotopic (exact) mass is 261 g/mol. The fourth-order valence-corrected chi connectivity index (χ4v) is 3.96. The molecule has 0 aromatic rings. The van der Waals surface area contributed by atoms with Gasteiger partial charge in [-0.05, 0) is 31.6 Å². The third-order valence-electron chi connectivity index (χ3n) is 2.32. The van der Waals surface area contributed by atoms with Crippen molar-refractivity contribution in [1.82, 2.24) is 0 Å². The van der Waals surface area contributed by atoms with E-state index in [0.29, 0.717) is 0 Å². The lowest BCUT2D eigenvalue weighted by atomic mass is 10.0. The predicted molar refractivity (Wildman–Crippen MR) is 71.0 cm³/mol. The van der Waals surface area contributed by atoms with Gasteiger partial charge in [0.15, 0.2) is 0 Å². The maximum Gasteiger partial charge on any atom is 0.149 e. The van der Waals surface area contributed by atoms with Crippen molar-refractivity contribution in [2.45, 2.75) is 31.7 Å². The van der Waals surface area contributed by atoms with Gasteiger partial charge >= 0.3 is 0 Å². The maximum atomic E-state index is 11.3. The first kappa shape index (κ1) is 13.8. The molecule has 0 fully saturated rings. The Morgan fingerprint density at radius 2 is 2.19 bits per heavy atom. The predicted octanol–water partition coefficient (Wildman–Crippen LogP) is 2.06. The Bertz CT molecular complexity index is 394. The lowest BCUT2D eigenvalue weighted by molar-refractivity contribution is 0.573. The van der Waals surface area contributed by atoms with Crippen molar-refractivity contribution < 1.29 is 8.42 Å². The van der Waals surface area contributed by atoms with Crippen molar-refractivity contribution in [2.24, 2.45) is 5.73 Å². The van der Waals surface area contributed by atoms with E-state index in [4.69, 9.17) is 5.73 Å². The third kappa shape index (κ3) is 4.72. The largest absolute Gasteiger partial charge is 0.320 e. The standard InChI is InChI=1S/C11H19NO2S2/c1-11(12,9-16(2,13)14)10-7-5-3-4-6-8-15-10/h6-8H,3-5,9,12H2,1-2H3. The number of hydrogen-bond donors (Lipinski definition) is 1. The second-order valence-electron chi connectivity index (χ2n) is 4.48. The first-order chi connectivity index (χ1) is 7.31. The van der Waals surface area contributed by atoms with Gasteiger partial charge in [-0.2, -0.15) is 0 Å². The molecular formula is C11H19NO2S2. The van der Waals surface area contributed by atoms with Gasteiger partial charge in [-0.25, -0.2) is 8.42 Å². The van der Waals surface area contributed by atoms with Crippen molar-refractivity contribution in [1.29, 1.82) is 0 Å². The first-order valence-electron chi connectivity index (χ1n) is 5.30. The van der Waals surface area contributed by atoms with Crippen LogP contribution in [0, 0.1) is 0 Å². The Morgan fingerprint density at radius 1 is 1.50 bits per heavy atom. The first-order valence-corrected chi connectivity index (χ1v) is 8.24. The van der Waals surface area contributed by atoms with Crippen molar-refractivity contribution in [2.75, 3.05) is 12.0 Å². The summed E-state index contributed by atoms with van der Waals surface area (Å²) in [4.78, 5) is 0.953. The summed E-state index contributed by atoms with van der Waals surface area (Å²) in [7, 11) is -3.06. The fraction of sp³-hybridized carbons (Fsp3) is 0.636. The zero-order valence-corrected chi connectivity index (χ0v) is 11.4. The molecule has 0 spiro atoms. The highest BCUT2D eigenvalue weighted by atomic mass is 32.2. The number of rotatable bonds is 3. The van der Waals surface area contributed by atoms with E-state index in [2.05, 4.69) is 12.2 Å². The second-order valence-corrected chi connectivity index (χ2v) is 7.56. The molecule has 1 aliphatic heterocycles. The van der Waals surface area contributed by atoms with Gasteiger partial charge in [0.05, 0.1) is 11.3 Å². The number of sulfone groups is 1. The highest BCUT2D eigenvalue weighted by Gasteiger charge is 2.28. The molecule has 3 nitrogen and oxygen atoms in total.